The lowest BCUT2D eigenvalue weighted by Crippen LogP contribution is -2.10. The summed E-state index contributed by atoms with van der Waals surface area (Å²) in [4.78, 5) is 0. The first-order valence-corrected chi connectivity index (χ1v) is 6.63. The molecule has 0 aromatic carbocycles. The zero-order chi connectivity index (χ0) is 11.1. The van der Waals surface area contributed by atoms with Gasteiger partial charge >= 0.3 is 0 Å². The summed E-state index contributed by atoms with van der Waals surface area (Å²) >= 11 is 4.43. The lowest BCUT2D eigenvalue weighted by molar-refractivity contribution is 0.316. The fourth-order valence-corrected chi connectivity index (χ4v) is 1.82. The molecule has 14 heavy (non-hydrogen) atoms. The highest BCUT2D eigenvalue weighted by Gasteiger charge is 2.13. The molecule has 0 saturated heterocycles. The van der Waals surface area contributed by atoms with Crippen LogP contribution in [-0.2, 0) is 0 Å². The minimum absolute atomic E-state index is 0.565. The molecule has 0 aliphatic heterocycles. The van der Waals surface area contributed by atoms with Gasteiger partial charge in [-0.2, -0.15) is 12.6 Å². The van der Waals surface area contributed by atoms with Gasteiger partial charge in [-0.1, -0.05) is 47.5 Å². The Hall–Kier alpha value is 0.350. The third-order valence-corrected chi connectivity index (χ3v) is 3.47. The van der Waals surface area contributed by atoms with Gasteiger partial charge in [0, 0.05) is 0 Å². The van der Waals surface area contributed by atoms with Gasteiger partial charge in [0.05, 0.1) is 0 Å². The molecule has 0 spiro atoms. The number of rotatable bonds is 7. The summed E-state index contributed by atoms with van der Waals surface area (Å²) in [6.07, 6.45) is 5.36. The third-order valence-electron chi connectivity index (χ3n) is 3.21. The Labute approximate surface area is 96.3 Å². The molecule has 0 aliphatic rings. The predicted molar refractivity (Wildman–Crippen MR) is 70.1 cm³/mol. The fraction of sp³-hybridized carbons (Fsp3) is 1.00. The van der Waals surface area contributed by atoms with Crippen molar-refractivity contribution >= 4 is 12.6 Å². The van der Waals surface area contributed by atoms with Crippen molar-refractivity contribution in [1.82, 2.24) is 0 Å². The van der Waals surface area contributed by atoms with Crippen LogP contribution in [0.2, 0.25) is 0 Å². The zero-order valence-corrected chi connectivity index (χ0v) is 11.5. The second kappa shape index (κ2) is 7.62. The van der Waals surface area contributed by atoms with Crippen LogP contribution in [0.3, 0.4) is 0 Å². The van der Waals surface area contributed by atoms with Gasteiger partial charge in [-0.05, 0) is 35.8 Å². The highest BCUT2D eigenvalue weighted by molar-refractivity contribution is 7.80. The SMILES string of the molecule is CC(C)CCC(C)C(C)CCC(C)S. The topological polar surface area (TPSA) is 0 Å². The van der Waals surface area contributed by atoms with Crippen molar-refractivity contribution in [1.29, 1.82) is 0 Å². The maximum Gasteiger partial charge on any atom is -0.00115 e. The van der Waals surface area contributed by atoms with Crippen LogP contribution < -0.4 is 0 Å². The number of hydrogen-bond donors (Lipinski definition) is 1. The van der Waals surface area contributed by atoms with Crippen molar-refractivity contribution in [3.8, 4) is 0 Å². The summed E-state index contributed by atoms with van der Waals surface area (Å²) in [5.41, 5.74) is 0. The van der Waals surface area contributed by atoms with Crippen LogP contribution in [0.15, 0.2) is 0 Å². The molecule has 0 radical (unpaired) electrons. The summed E-state index contributed by atoms with van der Waals surface area (Å²) in [6.45, 7) is 11.6. The van der Waals surface area contributed by atoms with Crippen molar-refractivity contribution < 1.29 is 0 Å². The second-order valence-electron chi connectivity index (χ2n) is 5.35. The second-order valence-corrected chi connectivity index (χ2v) is 6.23. The molecule has 0 fully saturated rings. The molecule has 0 heterocycles. The molecule has 0 aromatic heterocycles. The van der Waals surface area contributed by atoms with Crippen molar-refractivity contribution in [2.45, 2.75) is 65.6 Å². The summed E-state index contributed by atoms with van der Waals surface area (Å²) in [5.74, 6) is 2.60. The van der Waals surface area contributed by atoms with Gasteiger partial charge in [-0.25, -0.2) is 0 Å². The molecule has 0 bridgehead atoms. The fourth-order valence-electron chi connectivity index (χ4n) is 1.67. The molecule has 86 valence electrons. The van der Waals surface area contributed by atoms with Gasteiger partial charge in [0.2, 0.25) is 0 Å². The van der Waals surface area contributed by atoms with E-state index in [1.54, 1.807) is 0 Å². The Balaban J connectivity index is 3.59. The smallest absolute Gasteiger partial charge is 0.00115 e. The Kier molecular flexibility index (Phi) is 7.81. The van der Waals surface area contributed by atoms with E-state index in [1.165, 1.54) is 25.7 Å². The van der Waals surface area contributed by atoms with E-state index in [0.29, 0.717) is 5.25 Å². The van der Waals surface area contributed by atoms with E-state index < -0.39 is 0 Å². The van der Waals surface area contributed by atoms with Gasteiger partial charge in [-0.15, -0.1) is 0 Å². The first-order valence-electron chi connectivity index (χ1n) is 6.11. The molecule has 0 saturated carbocycles. The summed E-state index contributed by atoms with van der Waals surface area (Å²) in [5, 5.41) is 0.565. The first kappa shape index (κ1) is 14.3. The van der Waals surface area contributed by atoms with Gasteiger partial charge in [0.25, 0.3) is 0 Å². The molecule has 0 rings (SSSR count). The highest BCUT2D eigenvalue weighted by Crippen LogP contribution is 2.24. The molecule has 3 atom stereocenters. The quantitative estimate of drug-likeness (QED) is 0.581. The summed E-state index contributed by atoms with van der Waals surface area (Å²) < 4.78 is 0. The van der Waals surface area contributed by atoms with E-state index in [1.807, 2.05) is 0 Å². The van der Waals surface area contributed by atoms with Crippen LogP contribution in [0, 0.1) is 17.8 Å². The number of thiol groups is 1. The molecule has 0 N–H and O–H groups in total. The Bertz CT molecular complexity index is 113. The maximum absolute atomic E-state index is 4.43. The van der Waals surface area contributed by atoms with Crippen LogP contribution in [0.25, 0.3) is 0 Å². The van der Waals surface area contributed by atoms with Crippen molar-refractivity contribution in [3.63, 3.8) is 0 Å². The van der Waals surface area contributed by atoms with Crippen molar-refractivity contribution in [2.75, 3.05) is 0 Å². The van der Waals surface area contributed by atoms with E-state index >= 15 is 0 Å². The van der Waals surface area contributed by atoms with Crippen LogP contribution in [-0.4, -0.2) is 5.25 Å². The first-order chi connectivity index (χ1) is 6.43. The number of hydrogen-bond acceptors (Lipinski definition) is 1. The van der Waals surface area contributed by atoms with Crippen molar-refractivity contribution in [2.24, 2.45) is 17.8 Å². The van der Waals surface area contributed by atoms with E-state index in [9.17, 15) is 0 Å². The van der Waals surface area contributed by atoms with Crippen molar-refractivity contribution in [3.05, 3.63) is 0 Å². The molecule has 3 unspecified atom stereocenters. The minimum atomic E-state index is 0.565. The lowest BCUT2D eigenvalue weighted by Gasteiger charge is -2.21. The van der Waals surface area contributed by atoms with E-state index in [4.69, 9.17) is 0 Å². The van der Waals surface area contributed by atoms with E-state index in [-0.39, 0.29) is 0 Å². The van der Waals surface area contributed by atoms with Crippen LogP contribution in [0.5, 0.6) is 0 Å². The molecule has 0 aromatic rings. The van der Waals surface area contributed by atoms with Crippen LogP contribution >= 0.6 is 12.6 Å². The standard InChI is InChI=1S/C13H28S/c1-10(2)6-7-11(3)12(4)8-9-13(5)14/h10-14H,6-9H2,1-5H3. The lowest BCUT2D eigenvalue weighted by atomic mass is 9.86. The average Bonchev–Trinajstić information content (AvgIpc) is 2.09. The predicted octanol–water partition coefficient (Wildman–Crippen LogP) is 4.79. The third kappa shape index (κ3) is 7.73. The molecule has 0 nitrogen and oxygen atoms in total. The largest absolute Gasteiger partial charge is 0.176 e. The normalized spacial score (nSPS) is 18.2. The zero-order valence-electron chi connectivity index (χ0n) is 10.6. The van der Waals surface area contributed by atoms with E-state index in [2.05, 4.69) is 47.2 Å². The van der Waals surface area contributed by atoms with Gasteiger partial charge in [0.1, 0.15) is 0 Å². The maximum atomic E-state index is 4.43. The van der Waals surface area contributed by atoms with Gasteiger partial charge < -0.3 is 0 Å². The van der Waals surface area contributed by atoms with Gasteiger partial charge in [-0.3, -0.25) is 0 Å². The molecular weight excluding hydrogens is 188 g/mol. The Morgan fingerprint density at radius 2 is 1.14 bits per heavy atom. The Morgan fingerprint density at radius 1 is 0.714 bits per heavy atom. The molecule has 0 aliphatic carbocycles. The summed E-state index contributed by atoms with van der Waals surface area (Å²) in [6, 6.07) is 0. The van der Waals surface area contributed by atoms with E-state index in [0.717, 1.165) is 17.8 Å². The molecular formula is C13H28S. The monoisotopic (exact) mass is 216 g/mol. The minimum Gasteiger partial charge on any atom is -0.176 e. The highest BCUT2D eigenvalue weighted by atomic mass is 32.1. The summed E-state index contributed by atoms with van der Waals surface area (Å²) in [7, 11) is 0. The van der Waals surface area contributed by atoms with Gasteiger partial charge in [0.15, 0.2) is 0 Å². The Morgan fingerprint density at radius 3 is 1.50 bits per heavy atom. The molecule has 1 heteroatoms. The molecule has 0 amide bonds. The average molecular weight is 216 g/mol. The van der Waals surface area contributed by atoms with Crippen LogP contribution in [0.1, 0.15) is 60.3 Å². The van der Waals surface area contributed by atoms with Crippen LogP contribution in [0.4, 0.5) is 0 Å².